The summed E-state index contributed by atoms with van der Waals surface area (Å²) in [6.45, 7) is 1.42. The van der Waals surface area contributed by atoms with Gasteiger partial charge in [-0.25, -0.2) is 4.79 Å². The molecule has 0 bridgehead atoms. The van der Waals surface area contributed by atoms with Gasteiger partial charge in [0.2, 0.25) is 0 Å². The molecule has 1 amide bonds. The van der Waals surface area contributed by atoms with Crippen molar-refractivity contribution in [3.8, 4) is 0 Å². The van der Waals surface area contributed by atoms with Gasteiger partial charge in [-0.05, 0) is 25.1 Å². The van der Waals surface area contributed by atoms with E-state index in [-0.39, 0.29) is 5.57 Å². The lowest BCUT2D eigenvalue weighted by molar-refractivity contribution is -0.131. The van der Waals surface area contributed by atoms with E-state index in [1.165, 1.54) is 6.92 Å². The van der Waals surface area contributed by atoms with Gasteiger partial charge in [0.25, 0.3) is 5.91 Å². The molecule has 0 aromatic heterocycles. The summed E-state index contributed by atoms with van der Waals surface area (Å²) in [5.74, 6) is -1.62. The van der Waals surface area contributed by atoms with E-state index in [1.54, 1.807) is 24.3 Å². The molecule has 1 aromatic rings. The lowest BCUT2D eigenvalue weighted by Crippen LogP contribution is -2.13. The molecule has 0 unspecified atom stereocenters. The van der Waals surface area contributed by atoms with Gasteiger partial charge in [-0.1, -0.05) is 17.7 Å². The Balaban J connectivity index is 2.75. The van der Waals surface area contributed by atoms with E-state index in [0.717, 1.165) is 6.08 Å². The predicted molar refractivity (Wildman–Crippen MR) is 61.5 cm³/mol. The average Bonchev–Trinajstić information content (AvgIpc) is 2.16. The number of carbonyl (C=O) groups is 2. The van der Waals surface area contributed by atoms with Gasteiger partial charge in [-0.2, -0.15) is 0 Å². The molecule has 1 rings (SSSR count). The van der Waals surface area contributed by atoms with E-state index in [2.05, 4.69) is 5.32 Å². The highest BCUT2D eigenvalue weighted by atomic mass is 35.5. The zero-order valence-corrected chi connectivity index (χ0v) is 9.28. The number of carbonyl (C=O) groups excluding carboxylic acids is 1. The predicted octanol–water partition coefficient (Wildman–Crippen LogP) is 2.31. The molecule has 0 saturated carbocycles. The summed E-state index contributed by atoms with van der Waals surface area (Å²) < 4.78 is 0. The first-order valence-corrected chi connectivity index (χ1v) is 4.85. The van der Waals surface area contributed by atoms with Crippen LogP contribution in [0.25, 0.3) is 0 Å². The molecule has 0 spiro atoms. The number of anilines is 1. The normalized spacial score (nSPS) is 11.0. The minimum atomic E-state index is -1.15. The molecule has 5 heteroatoms. The van der Waals surface area contributed by atoms with E-state index < -0.39 is 11.9 Å². The van der Waals surface area contributed by atoms with Crippen LogP contribution in [0.1, 0.15) is 6.92 Å². The Hall–Kier alpha value is -1.81. The van der Waals surface area contributed by atoms with Crippen molar-refractivity contribution in [2.45, 2.75) is 6.92 Å². The molecule has 84 valence electrons. The number of hydrogen-bond donors (Lipinski definition) is 2. The van der Waals surface area contributed by atoms with Crippen molar-refractivity contribution in [2.24, 2.45) is 0 Å². The van der Waals surface area contributed by atoms with Crippen LogP contribution >= 0.6 is 11.6 Å². The summed E-state index contributed by atoms with van der Waals surface area (Å²) >= 11 is 5.73. The molecule has 0 heterocycles. The van der Waals surface area contributed by atoms with E-state index >= 15 is 0 Å². The Morgan fingerprint density at radius 2 is 2.12 bits per heavy atom. The molecule has 2 N–H and O–H groups in total. The van der Waals surface area contributed by atoms with Crippen LogP contribution in [0.4, 0.5) is 5.69 Å². The lowest BCUT2D eigenvalue weighted by Gasteiger charge is -2.04. The Labute approximate surface area is 97.5 Å². The summed E-state index contributed by atoms with van der Waals surface area (Å²) in [6, 6.07) is 6.61. The van der Waals surface area contributed by atoms with E-state index in [4.69, 9.17) is 16.7 Å². The molecule has 0 aliphatic carbocycles. The van der Waals surface area contributed by atoms with Crippen LogP contribution in [-0.2, 0) is 9.59 Å². The summed E-state index contributed by atoms with van der Waals surface area (Å²) in [6.07, 6.45) is 0.847. The summed E-state index contributed by atoms with van der Waals surface area (Å²) in [5, 5.41) is 11.5. The van der Waals surface area contributed by atoms with E-state index in [9.17, 15) is 9.59 Å². The fourth-order valence-electron chi connectivity index (χ4n) is 1.05. The Morgan fingerprint density at radius 3 is 2.69 bits per heavy atom. The SMILES string of the molecule is C/C(=C/C(=O)O)C(=O)Nc1cccc(Cl)c1. The fraction of sp³-hybridized carbons (Fsp3) is 0.0909. The molecule has 0 aliphatic rings. The molecule has 0 fully saturated rings. The highest BCUT2D eigenvalue weighted by molar-refractivity contribution is 6.30. The molecule has 0 radical (unpaired) electrons. The molecular weight excluding hydrogens is 230 g/mol. The number of aliphatic carboxylic acids is 1. The van der Waals surface area contributed by atoms with Gasteiger partial charge in [0.15, 0.2) is 0 Å². The largest absolute Gasteiger partial charge is 0.478 e. The minimum absolute atomic E-state index is 0.118. The van der Waals surface area contributed by atoms with Crippen LogP contribution in [0.15, 0.2) is 35.9 Å². The maximum absolute atomic E-state index is 11.5. The topological polar surface area (TPSA) is 66.4 Å². The number of rotatable bonds is 3. The van der Waals surface area contributed by atoms with Gasteiger partial charge in [-0.3, -0.25) is 4.79 Å². The number of carboxylic acids is 1. The number of amides is 1. The molecule has 0 atom stereocenters. The van der Waals surface area contributed by atoms with Crippen LogP contribution in [0.2, 0.25) is 5.02 Å². The van der Waals surface area contributed by atoms with Crippen LogP contribution in [-0.4, -0.2) is 17.0 Å². The number of halogens is 1. The Bertz CT molecular complexity index is 454. The zero-order chi connectivity index (χ0) is 12.1. The second-order valence-corrected chi connectivity index (χ2v) is 3.57. The molecule has 0 saturated heterocycles. The van der Waals surface area contributed by atoms with Gasteiger partial charge in [0.1, 0.15) is 0 Å². The first kappa shape index (κ1) is 12.3. The number of hydrogen-bond acceptors (Lipinski definition) is 2. The quantitative estimate of drug-likeness (QED) is 0.796. The third-order valence-electron chi connectivity index (χ3n) is 1.78. The molecular formula is C11H10ClNO3. The first-order chi connectivity index (χ1) is 7.49. The maximum atomic E-state index is 11.5. The second kappa shape index (κ2) is 5.32. The fourth-order valence-corrected chi connectivity index (χ4v) is 1.24. The number of carboxylic acid groups (broad SMARTS) is 1. The van der Waals surface area contributed by atoms with Crippen LogP contribution in [0.3, 0.4) is 0 Å². The third-order valence-corrected chi connectivity index (χ3v) is 2.02. The molecule has 16 heavy (non-hydrogen) atoms. The van der Waals surface area contributed by atoms with E-state index in [1.807, 2.05) is 0 Å². The molecule has 1 aromatic carbocycles. The van der Waals surface area contributed by atoms with Gasteiger partial charge in [0.05, 0.1) is 0 Å². The summed E-state index contributed by atoms with van der Waals surface area (Å²) in [5.41, 5.74) is 0.642. The van der Waals surface area contributed by atoms with Gasteiger partial charge in [0, 0.05) is 22.4 Å². The minimum Gasteiger partial charge on any atom is -0.478 e. The highest BCUT2D eigenvalue weighted by Gasteiger charge is 2.06. The van der Waals surface area contributed by atoms with Crippen molar-refractivity contribution in [3.05, 3.63) is 40.9 Å². The van der Waals surface area contributed by atoms with E-state index in [0.29, 0.717) is 10.7 Å². The Morgan fingerprint density at radius 1 is 1.44 bits per heavy atom. The van der Waals surface area contributed by atoms with Crippen molar-refractivity contribution in [3.63, 3.8) is 0 Å². The molecule has 4 nitrogen and oxygen atoms in total. The van der Waals surface area contributed by atoms with Crippen molar-refractivity contribution in [1.82, 2.24) is 0 Å². The van der Waals surface area contributed by atoms with Crippen molar-refractivity contribution < 1.29 is 14.7 Å². The summed E-state index contributed by atoms with van der Waals surface area (Å²) in [7, 11) is 0. The van der Waals surface area contributed by atoms with Crippen LogP contribution < -0.4 is 5.32 Å². The third kappa shape index (κ3) is 3.74. The maximum Gasteiger partial charge on any atom is 0.328 e. The summed E-state index contributed by atoms with van der Waals surface area (Å²) in [4.78, 5) is 21.8. The number of benzene rings is 1. The van der Waals surface area contributed by atoms with Gasteiger partial charge >= 0.3 is 5.97 Å². The lowest BCUT2D eigenvalue weighted by atomic mass is 10.2. The zero-order valence-electron chi connectivity index (χ0n) is 8.53. The standard InChI is InChI=1S/C11H10ClNO3/c1-7(5-10(14)15)11(16)13-9-4-2-3-8(12)6-9/h2-6H,1H3,(H,13,16)(H,14,15)/b7-5-. The van der Waals surface area contributed by atoms with Crippen LogP contribution in [0, 0.1) is 0 Å². The van der Waals surface area contributed by atoms with Crippen molar-refractivity contribution in [1.29, 1.82) is 0 Å². The van der Waals surface area contributed by atoms with Gasteiger partial charge < -0.3 is 10.4 Å². The Kier molecular flexibility index (Phi) is 4.08. The smallest absolute Gasteiger partial charge is 0.328 e. The van der Waals surface area contributed by atoms with Gasteiger partial charge in [-0.15, -0.1) is 0 Å². The van der Waals surface area contributed by atoms with Crippen molar-refractivity contribution in [2.75, 3.05) is 5.32 Å². The highest BCUT2D eigenvalue weighted by Crippen LogP contribution is 2.15. The first-order valence-electron chi connectivity index (χ1n) is 4.47. The second-order valence-electron chi connectivity index (χ2n) is 3.13. The average molecular weight is 240 g/mol. The molecule has 0 aliphatic heterocycles. The van der Waals surface area contributed by atoms with Crippen LogP contribution in [0.5, 0.6) is 0 Å². The monoisotopic (exact) mass is 239 g/mol. The van der Waals surface area contributed by atoms with Crippen molar-refractivity contribution >= 4 is 29.2 Å². The number of nitrogens with one attached hydrogen (secondary N) is 1.